The SMILES string of the molecule is CC(C)c1nc2cc(C3(C(=O)O)CCC3)ccc2n1C. The Hall–Kier alpha value is -1.84. The lowest BCUT2D eigenvalue weighted by atomic mass is 9.64. The van der Waals surface area contributed by atoms with Crippen molar-refractivity contribution in [2.24, 2.45) is 7.05 Å². The second-order valence-corrected chi connectivity index (χ2v) is 6.13. The summed E-state index contributed by atoms with van der Waals surface area (Å²) in [5.74, 6) is 0.686. The van der Waals surface area contributed by atoms with Crippen LogP contribution in [0.5, 0.6) is 0 Å². The lowest BCUT2D eigenvalue weighted by molar-refractivity contribution is -0.147. The molecule has 0 radical (unpaired) electrons. The molecule has 0 spiro atoms. The fourth-order valence-corrected chi connectivity index (χ4v) is 3.19. The average Bonchev–Trinajstić information content (AvgIpc) is 2.65. The Morgan fingerprint density at radius 1 is 1.40 bits per heavy atom. The Bertz CT molecular complexity index is 681. The third-order valence-corrected chi connectivity index (χ3v) is 4.60. The molecular formula is C16H20N2O2. The number of rotatable bonds is 3. The highest BCUT2D eigenvalue weighted by molar-refractivity contribution is 5.85. The summed E-state index contributed by atoms with van der Waals surface area (Å²) in [4.78, 5) is 16.3. The molecule has 1 aliphatic carbocycles. The number of nitrogens with zero attached hydrogens (tertiary/aromatic N) is 2. The third kappa shape index (κ3) is 1.67. The molecule has 1 heterocycles. The van der Waals surface area contributed by atoms with Gasteiger partial charge in [0.25, 0.3) is 0 Å². The van der Waals surface area contributed by atoms with Gasteiger partial charge >= 0.3 is 5.97 Å². The van der Waals surface area contributed by atoms with Crippen LogP contribution in [-0.2, 0) is 17.3 Å². The molecule has 0 amide bonds. The zero-order valence-corrected chi connectivity index (χ0v) is 12.2. The highest BCUT2D eigenvalue weighted by atomic mass is 16.4. The van der Waals surface area contributed by atoms with Crippen LogP contribution in [0.3, 0.4) is 0 Å². The normalized spacial score (nSPS) is 17.4. The summed E-state index contributed by atoms with van der Waals surface area (Å²) in [6.07, 6.45) is 2.46. The number of carbonyl (C=O) groups is 1. The van der Waals surface area contributed by atoms with Gasteiger partial charge in [-0.1, -0.05) is 26.3 Å². The van der Waals surface area contributed by atoms with Gasteiger partial charge in [-0.15, -0.1) is 0 Å². The standard InChI is InChI=1S/C16H20N2O2/c1-10(2)14-17-12-9-11(5-6-13(12)18(14)3)16(15(19)20)7-4-8-16/h5-6,9-10H,4,7-8H2,1-3H3,(H,19,20). The van der Waals surface area contributed by atoms with Crippen LogP contribution in [-0.4, -0.2) is 20.6 Å². The summed E-state index contributed by atoms with van der Waals surface area (Å²) >= 11 is 0. The molecule has 0 aliphatic heterocycles. The second kappa shape index (κ2) is 4.33. The van der Waals surface area contributed by atoms with Crippen LogP contribution in [0.4, 0.5) is 0 Å². The molecule has 2 aromatic rings. The molecule has 1 aliphatic rings. The van der Waals surface area contributed by atoms with E-state index < -0.39 is 11.4 Å². The number of hydrogen-bond donors (Lipinski definition) is 1. The lowest BCUT2D eigenvalue weighted by Crippen LogP contribution is -2.42. The minimum atomic E-state index is -0.705. The maximum atomic E-state index is 11.6. The van der Waals surface area contributed by atoms with Gasteiger partial charge in [0.2, 0.25) is 0 Å². The smallest absolute Gasteiger partial charge is 0.314 e. The predicted octanol–water partition coefficient (Wildman–Crippen LogP) is 3.20. The minimum absolute atomic E-state index is 0.355. The first kappa shape index (κ1) is 13.2. The monoisotopic (exact) mass is 272 g/mol. The van der Waals surface area contributed by atoms with Crippen molar-refractivity contribution in [2.75, 3.05) is 0 Å². The predicted molar refractivity (Wildman–Crippen MR) is 78.0 cm³/mol. The molecule has 20 heavy (non-hydrogen) atoms. The van der Waals surface area contributed by atoms with Gasteiger partial charge in [-0.2, -0.15) is 0 Å². The highest BCUT2D eigenvalue weighted by Gasteiger charge is 2.46. The summed E-state index contributed by atoms with van der Waals surface area (Å²) < 4.78 is 2.10. The fraction of sp³-hybridized carbons (Fsp3) is 0.500. The maximum absolute atomic E-state index is 11.6. The van der Waals surface area contributed by atoms with Gasteiger partial charge in [0.15, 0.2) is 0 Å². The van der Waals surface area contributed by atoms with Crippen molar-refractivity contribution in [3.63, 3.8) is 0 Å². The minimum Gasteiger partial charge on any atom is -0.481 e. The largest absolute Gasteiger partial charge is 0.481 e. The second-order valence-electron chi connectivity index (χ2n) is 6.13. The number of aliphatic carboxylic acids is 1. The first-order valence-corrected chi connectivity index (χ1v) is 7.16. The van der Waals surface area contributed by atoms with Crippen LogP contribution in [0.2, 0.25) is 0 Å². The van der Waals surface area contributed by atoms with E-state index in [-0.39, 0.29) is 0 Å². The number of fused-ring (bicyclic) bond motifs is 1. The van der Waals surface area contributed by atoms with Crippen molar-refractivity contribution >= 4 is 17.0 Å². The first-order valence-electron chi connectivity index (χ1n) is 7.16. The lowest BCUT2D eigenvalue weighted by Gasteiger charge is -2.38. The molecular weight excluding hydrogens is 252 g/mol. The van der Waals surface area contributed by atoms with E-state index in [9.17, 15) is 9.90 Å². The molecule has 4 heteroatoms. The Labute approximate surface area is 118 Å². The van der Waals surface area contributed by atoms with Gasteiger partial charge in [-0.3, -0.25) is 4.79 Å². The van der Waals surface area contributed by atoms with E-state index in [0.29, 0.717) is 5.92 Å². The molecule has 1 N–H and O–H groups in total. The summed E-state index contributed by atoms with van der Waals surface area (Å²) in [7, 11) is 2.01. The maximum Gasteiger partial charge on any atom is 0.314 e. The van der Waals surface area contributed by atoms with Crippen molar-refractivity contribution in [1.29, 1.82) is 0 Å². The van der Waals surface area contributed by atoms with Crippen LogP contribution in [0.25, 0.3) is 11.0 Å². The zero-order valence-electron chi connectivity index (χ0n) is 12.2. The molecule has 0 atom stereocenters. The Morgan fingerprint density at radius 2 is 2.10 bits per heavy atom. The molecule has 3 rings (SSSR count). The molecule has 1 fully saturated rings. The molecule has 1 saturated carbocycles. The quantitative estimate of drug-likeness (QED) is 0.933. The number of carboxylic acid groups (broad SMARTS) is 1. The topological polar surface area (TPSA) is 55.1 Å². The van der Waals surface area contributed by atoms with Crippen molar-refractivity contribution < 1.29 is 9.90 Å². The number of aromatic nitrogens is 2. The van der Waals surface area contributed by atoms with Crippen molar-refractivity contribution in [3.05, 3.63) is 29.6 Å². The molecule has 106 valence electrons. The van der Waals surface area contributed by atoms with Crippen LogP contribution >= 0.6 is 0 Å². The number of carboxylic acids is 1. The Balaban J connectivity index is 2.14. The molecule has 0 saturated heterocycles. The summed E-state index contributed by atoms with van der Waals surface area (Å²) in [5.41, 5.74) is 2.19. The average molecular weight is 272 g/mol. The number of imidazole rings is 1. The zero-order chi connectivity index (χ0) is 14.5. The summed E-state index contributed by atoms with van der Waals surface area (Å²) in [5, 5.41) is 9.53. The van der Waals surface area contributed by atoms with Gasteiger partial charge in [0, 0.05) is 13.0 Å². The molecule has 0 bridgehead atoms. The van der Waals surface area contributed by atoms with Crippen molar-refractivity contribution in [2.45, 2.75) is 44.4 Å². The van der Waals surface area contributed by atoms with Gasteiger partial charge in [-0.05, 0) is 30.5 Å². The number of hydrogen-bond acceptors (Lipinski definition) is 2. The van der Waals surface area contributed by atoms with Crippen molar-refractivity contribution in [3.8, 4) is 0 Å². The van der Waals surface area contributed by atoms with Crippen LogP contribution < -0.4 is 0 Å². The van der Waals surface area contributed by atoms with Gasteiger partial charge in [-0.25, -0.2) is 4.98 Å². The number of aryl methyl sites for hydroxylation is 1. The van der Waals surface area contributed by atoms with E-state index in [1.165, 1.54) is 0 Å². The van der Waals surface area contributed by atoms with Gasteiger partial charge < -0.3 is 9.67 Å². The van der Waals surface area contributed by atoms with E-state index >= 15 is 0 Å². The van der Waals surface area contributed by atoms with E-state index in [1.807, 2.05) is 25.2 Å². The van der Waals surface area contributed by atoms with Gasteiger partial charge in [0.1, 0.15) is 5.82 Å². The summed E-state index contributed by atoms with van der Waals surface area (Å²) in [6.45, 7) is 4.24. The molecule has 1 aromatic heterocycles. The van der Waals surface area contributed by atoms with E-state index in [2.05, 4.69) is 23.4 Å². The Kier molecular flexibility index (Phi) is 2.85. The molecule has 4 nitrogen and oxygen atoms in total. The first-order chi connectivity index (χ1) is 9.45. The van der Waals surface area contributed by atoms with Crippen LogP contribution in [0.15, 0.2) is 18.2 Å². The van der Waals surface area contributed by atoms with Crippen molar-refractivity contribution in [1.82, 2.24) is 9.55 Å². The highest BCUT2D eigenvalue weighted by Crippen LogP contribution is 2.44. The summed E-state index contributed by atoms with van der Waals surface area (Å²) in [6, 6.07) is 5.93. The fourth-order valence-electron chi connectivity index (χ4n) is 3.19. The van der Waals surface area contributed by atoms with E-state index in [1.54, 1.807) is 0 Å². The van der Waals surface area contributed by atoms with Gasteiger partial charge in [0.05, 0.1) is 16.4 Å². The Morgan fingerprint density at radius 3 is 2.60 bits per heavy atom. The molecule has 1 aromatic carbocycles. The van der Waals surface area contributed by atoms with Crippen LogP contribution in [0, 0.1) is 0 Å². The third-order valence-electron chi connectivity index (χ3n) is 4.60. The molecule has 0 unspecified atom stereocenters. The van der Waals surface area contributed by atoms with E-state index in [4.69, 9.17) is 0 Å². The van der Waals surface area contributed by atoms with E-state index in [0.717, 1.165) is 41.7 Å². The van der Waals surface area contributed by atoms with Crippen LogP contribution in [0.1, 0.15) is 50.4 Å². The number of benzene rings is 1.